The Bertz CT molecular complexity index is 1020. The highest BCUT2D eigenvalue weighted by Crippen LogP contribution is 2.33. The Balaban J connectivity index is 2.12. The van der Waals surface area contributed by atoms with Crippen molar-refractivity contribution in [3.63, 3.8) is 0 Å². The molecule has 0 unspecified atom stereocenters. The number of ketones is 1. The monoisotopic (exact) mass is 423 g/mol. The average Bonchev–Trinajstić information content (AvgIpc) is 2.75. The first kappa shape index (κ1) is 23.1. The first-order valence-electron chi connectivity index (χ1n) is 9.49. The molecule has 0 aromatic heterocycles. The number of carbonyl (C=O) groups excluding carboxylic acids is 2. The van der Waals surface area contributed by atoms with Crippen LogP contribution in [-0.2, 0) is 17.6 Å². The van der Waals surface area contributed by atoms with Crippen molar-refractivity contribution >= 4 is 29.0 Å². The second-order valence-electron chi connectivity index (χ2n) is 6.88. The number of aliphatic hydroxyl groups excluding tert-OH is 1. The van der Waals surface area contributed by atoms with Gasteiger partial charge in [-0.1, -0.05) is 42.8 Å². The maximum absolute atomic E-state index is 12.7. The SMILES string of the molecule is [C-]#[N+]c1ccc(C[C@@H](C(=O)NCC(=O)c2ccc(C#N)cc2)[C@H](C)O)c(CC)c1Cl. The van der Waals surface area contributed by atoms with E-state index >= 15 is 0 Å². The van der Waals surface area contributed by atoms with E-state index in [1.54, 1.807) is 12.1 Å². The van der Waals surface area contributed by atoms with E-state index in [2.05, 4.69) is 10.2 Å². The lowest BCUT2D eigenvalue weighted by molar-refractivity contribution is -0.127. The fourth-order valence-corrected chi connectivity index (χ4v) is 3.52. The molecule has 0 saturated heterocycles. The van der Waals surface area contributed by atoms with Crippen molar-refractivity contribution in [1.29, 1.82) is 5.26 Å². The second kappa shape index (κ2) is 10.5. The van der Waals surface area contributed by atoms with Gasteiger partial charge in [-0.2, -0.15) is 5.26 Å². The number of aliphatic hydroxyl groups is 1. The van der Waals surface area contributed by atoms with Gasteiger partial charge in [-0.25, -0.2) is 4.85 Å². The quantitative estimate of drug-likeness (QED) is 0.497. The van der Waals surface area contributed by atoms with Crippen LogP contribution in [0, 0.1) is 23.8 Å². The van der Waals surface area contributed by atoms with Gasteiger partial charge in [0.15, 0.2) is 5.78 Å². The van der Waals surface area contributed by atoms with Gasteiger partial charge in [-0.05, 0) is 43.0 Å². The minimum absolute atomic E-state index is 0.216. The molecular formula is C23H22ClN3O3. The van der Waals surface area contributed by atoms with Crippen molar-refractivity contribution in [3.8, 4) is 6.07 Å². The van der Waals surface area contributed by atoms with Gasteiger partial charge in [0.05, 0.1) is 41.8 Å². The predicted octanol–water partition coefficient (Wildman–Crippen LogP) is 3.86. The van der Waals surface area contributed by atoms with Crippen LogP contribution in [0.5, 0.6) is 0 Å². The normalized spacial score (nSPS) is 12.3. The molecule has 1 amide bonds. The molecule has 6 nitrogen and oxygen atoms in total. The van der Waals surface area contributed by atoms with Crippen LogP contribution in [0.3, 0.4) is 0 Å². The van der Waals surface area contributed by atoms with Gasteiger partial charge >= 0.3 is 0 Å². The molecule has 2 atom stereocenters. The molecule has 0 fully saturated rings. The Hall–Kier alpha value is -3.19. The first-order valence-corrected chi connectivity index (χ1v) is 9.87. The van der Waals surface area contributed by atoms with E-state index in [-0.39, 0.29) is 18.7 Å². The van der Waals surface area contributed by atoms with E-state index in [9.17, 15) is 14.7 Å². The van der Waals surface area contributed by atoms with Crippen LogP contribution in [0.15, 0.2) is 36.4 Å². The number of Topliss-reactive ketones (excluding diaryl/α,β-unsaturated/α-hetero) is 1. The molecule has 2 rings (SSSR count). The lowest BCUT2D eigenvalue weighted by atomic mass is 9.90. The summed E-state index contributed by atoms with van der Waals surface area (Å²) in [7, 11) is 0. The number of hydrogen-bond donors (Lipinski definition) is 2. The molecule has 2 aromatic carbocycles. The Morgan fingerprint density at radius 2 is 1.93 bits per heavy atom. The molecule has 2 N–H and O–H groups in total. The molecule has 0 saturated carbocycles. The number of benzene rings is 2. The summed E-state index contributed by atoms with van der Waals surface area (Å²) in [5.74, 6) is -1.52. The van der Waals surface area contributed by atoms with Crippen molar-refractivity contribution in [2.75, 3.05) is 6.54 Å². The molecular weight excluding hydrogens is 402 g/mol. The van der Waals surface area contributed by atoms with Crippen molar-refractivity contribution in [2.24, 2.45) is 5.92 Å². The van der Waals surface area contributed by atoms with Crippen molar-refractivity contribution < 1.29 is 14.7 Å². The highest BCUT2D eigenvalue weighted by Gasteiger charge is 2.26. The van der Waals surface area contributed by atoms with Crippen molar-refractivity contribution in [3.05, 3.63) is 75.1 Å². The number of hydrogen-bond acceptors (Lipinski definition) is 4. The van der Waals surface area contributed by atoms with Gasteiger partial charge in [0.2, 0.25) is 11.6 Å². The van der Waals surface area contributed by atoms with Crippen molar-refractivity contribution in [1.82, 2.24) is 5.32 Å². The molecule has 0 spiro atoms. The average molecular weight is 424 g/mol. The molecule has 0 aliphatic heterocycles. The largest absolute Gasteiger partial charge is 0.393 e. The van der Waals surface area contributed by atoms with Gasteiger partial charge < -0.3 is 10.4 Å². The lowest BCUT2D eigenvalue weighted by Crippen LogP contribution is -2.40. The Morgan fingerprint density at radius 3 is 2.47 bits per heavy atom. The minimum Gasteiger partial charge on any atom is -0.393 e. The third-order valence-electron chi connectivity index (χ3n) is 4.91. The van der Waals surface area contributed by atoms with Crippen LogP contribution < -0.4 is 5.32 Å². The Morgan fingerprint density at radius 1 is 1.27 bits per heavy atom. The van der Waals surface area contributed by atoms with E-state index in [4.69, 9.17) is 23.4 Å². The number of amides is 1. The maximum atomic E-state index is 12.7. The number of rotatable bonds is 8. The van der Waals surface area contributed by atoms with Crippen LogP contribution in [0.4, 0.5) is 5.69 Å². The van der Waals surface area contributed by atoms with Gasteiger partial charge in [0.1, 0.15) is 0 Å². The molecule has 0 heterocycles. The fraction of sp³-hybridized carbons (Fsp3) is 0.304. The Labute approximate surface area is 180 Å². The summed E-state index contributed by atoms with van der Waals surface area (Å²) >= 11 is 6.31. The summed E-state index contributed by atoms with van der Waals surface area (Å²) in [5.41, 5.74) is 2.74. The molecule has 2 aromatic rings. The predicted molar refractivity (Wildman–Crippen MR) is 114 cm³/mol. The molecule has 0 aliphatic carbocycles. The number of nitrogens with zero attached hydrogens (tertiary/aromatic N) is 2. The molecule has 0 radical (unpaired) electrons. The van der Waals surface area contributed by atoms with E-state index in [1.165, 1.54) is 31.2 Å². The van der Waals surface area contributed by atoms with E-state index < -0.39 is 17.9 Å². The molecule has 0 aliphatic rings. The highest BCUT2D eigenvalue weighted by atomic mass is 35.5. The summed E-state index contributed by atoms with van der Waals surface area (Å²) < 4.78 is 0. The van der Waals surface area contributed by atoms with Crippen LogP contribution >= 0.6 is 11.6 Å². The third-order valence-corrected chi connectivity index (χ3v) is 5.33. The summed E-state index contributed by atoms with van der Waals surface area (Å²) in [6, 6.07) is 11.5. The number of nitriles is 1. The zero-order chi connectivity index (χ0) is 22.3. The second-order valence-corrected chi connectivity index (χ2v) is 7.26. The minimum atomic E-state index is -0.945. The molecule has 0 bridgehead atoms. The van der Waals surface area contributed by atoms with Gasteiger partial charge in [-0.3, -0.25) is 9.59 Å². The topological polar surface area (TPSA) is 94.5 Å². The lowest BCUT2D eigenvalue weighted by Gasteiger charge is -2.21. The summed E-state index contributed by atoms with van der Waals surface area (Å²) in [6.45, 7) is 10.4. The summed E-state index contributed by atoms with van der Waals surface area (Å²) in [6.07, 6.45) is -0.127. The maximum Gasteiger partial charge on any atom is 0.226 e. The Kier molecular flexibility index (Phi) is 8.12. The highest BCUT2D eigenvalue weighted by molar-refractivity contribution is 6.34. The van der Waals surface area contributed by atoms with Crippen LogP contribution in [-0.4, -0.2) is 29.4 Å². The van der Waals surface area contributed by atoms with E-state index in [0.717, 1.165) is 11.1 Å². The number of halogens is 1. The van der Waals surface area contributed by atoms with Crippen LogP contribution in [0.2, 0.25) is 5.02 Å². The third kappa shape index (κ3) is 5.45. The number of carbonyl (C=O) groups is 2. The summed E-state index contributed by atoms with van der Waals surface area (Å²) in [5, 5.41) is 21.9. The zero-order valence-electron chi connectivity index (χ0n) is 16.8. The fourth-order valence-electron chi connectivity index (χ4n) is 3.16. The van der Waals surface area contributed by atoms with Gasteiger partial charge in [0.25, 0.3) is 0 Å². The van der Waals surface area contributed by atoms with Crippen LogP contribution in [0.25, 0.3) is 4.85 Å². The van der Waals surface area contributed by atoms with E-state index in [0.29, 0.717) is 28.3 Å². The summed E-state index contributed by atoms with van der Waals surface area (Å²) in [4.78, 5) is 28.4. The number of nitrogens with one attached hydrogen (secondary N) is 1. The standard InChI is InChI=1S/C23H22ClN3O3/c1-4-18-17(9-10-20(26-3)22(18)24)11-19(14(2)28)23(30)27-13-21(29)16-7-5-15(12-25)6-8-16/h5-10,14,19,28H,4,11,13H2,1-2H3,(H,27,30)/t14-,19+/m0/s1. The first-order chi connectivity index (χ1) is 14.3. The van der Waals surface area contributed by atoms with E-state index in [1.807, 2.05) is 13.0 Å². The molecule has 30 heavy (non-hydrogen) atoms. The van der Waals surface area contributed by atoms with Gasteiger partial charge in [0, 0.05) is 5.56 Å². The molecule has 7 heteroatoms. The zero-order valence-corrected chi connectivity index (χ0v) is 17.5. The molecule has 154 valence electrons. The van der Waals surface area contributed by atoms with Gasteiger partial charge in [-0.15, -0.1) is 0 Å². The smallest absolute Gasteiger partial charge is 0.226 e. The van der Waals surface area contributed by atoms with Crippen molar-refractivity contribution in [2.45, 2.75) is 32.8 Å². The van der Waals surface area contributed by atoms with Crippen LogP contribution in [0.1, 0.15) is 40.9 Å².